The lowest BCUT2D eigenvalue weighted by Gasteiger charge is -2.12. The van der Waals surface area contributed by atoms with Crippen molar-refractivity contribution < 1.29 is 0 Å². The van der Waals surface area contributed by atoms with Gasteiger partial charge < -0.3 is 5.73 Å². The third-order valence-corrected chi connectivity index (χ3v) is 3.51. The largest absolute Gasteiger partial charge is 0.327 e. The van der Waals surface area contributed by atoms with Gasteiger partial charge in [-0.1, -0.05) is 24.3 Å². The first-order chi connectivity index (χ1) is 5.88. The van der Waals surface area contributed by atoms with Gasteiger partial charge in [0, 0.05) is 6.04 Å². The van der Waals surface area contributed by atoms with Crippen LogP contribution in [0.1, 0.15) is 35.8 Å². The highest BCUT2D eigenvalue weighted by Gasteiger charge is 2.43. The van der Waals surface area contributed by atoms with Crippen LogP contribution >= 0.6 is 0 Å². The van der Waals surface area contributed by atoms with E-state index < -0.39 is 0 Å². The molecular formula is C11H13N. The molecule has 2 aliphatic rings. The molecule has 3 rings (SSSR count). The van der Waals surface area contributed by atoms with Gasteiger partial charge in [-0.05, 0) is 35.8 Å². The van der Waals surface area contributed by atoms with E-state index in [1.54, 1.807) is 0 Å². The summed E-state index contributed by atoms with van der Waals surface area (Å²) in [5.41, 5.74) is 9.19. The molecule has 1 nitrogen and oxygen atoms in total. The van der Waals surface area contributed by atoms with E-state index in [2.05, 4.69) is 24.3 Å². The van der Waals surface area contributed by atoms with E-state index >= 15 is 0 Å². The second kappa shape index (κ2) is 2.11. The van der Waals surface area contributed by atoms with Gasteiger partial charge in [-0.3, -0.25) is 0 Å². The highest BCUT2D eigenvalue weighted by molar-refractivity contribution is 5.43. The molecule has 0 amide bonds. The first kappa shape index (κ1) is 6.67. The lowest BCUT2D eigenvalue weighted by Crippen LogP contribution is -2.22. The van der Waals surface area contributed by atoms with Gasteiger partial charge >= 0.3 is 0 Å². The Morgan fingerprint density at radius 2 is 1.50 bits per heavy atom. The highest BCUT2D eigenvalue weighted by atomic mass is 14.7. The van der Waals surface area contributed by atoms with E-state index in [1.807, 2.05) is 0 Å². The Morgan fingerprint density at radius 1 is 1.00 bits per heavy atom. The van der Waals surface area contributed by atoms with Crippen LogP contribution < -0.4 is 5.73 Å². The summed E-state index contributed by atoms with van der Waals surface area (Å²) in [6.07, 6.45) is 2.62. The maximum atomic E-state index is 6.13. The first-order valence-corrected chi connectivity index (χ1v) is 4.72. The zero-order valence-electron chi connectivity index (χ0n) is 7.03. The van der Waals surface area contributed by atoms with Crippen molar-refractivity contribution in [2.45, 2.75) is 30.7 Å². The summed E-state index contributed by atoms with van der Waals surface area (Å²) >= 11 is 0. The molecule has 1 heteroatoms. The smallest absolute Gasteiger partial charge is 0.0177 e. The summed E-state index contributed by atoms with van der Waals surface area (Å²) in [6.45, 7) is 0. The van der Waals surface area contributed by atoms with Crippen LogP contribution in [0.5, 0.6) is 0 Å². The van der Waals surface area contributed by atoms with E-state index in [1.165, 1.54) is 24.0 Å². The van der Waals surface area contributed by atoms with Gasteiger partial charge in [-0.2, -0.15) is 0 Å². The van der Waals surface area contributed by atoms with Gasteiger partial charge in [0.1, 0.15) is 0 Å². The minimum atomic E-state index is 0.419. The number of benzene rings is 1. The molecule has 2 bridgehead atoms. The van der Waals surface area contributed by atoms with Crippen LogP contribution in [0.4, 0.5) is 0 Å². The quantitative estimate of drug-likeness (QED) is 0.615. The number of nitrogens with two attached hydrogens (primary N) is 1. The molecule has 12 heavy (non-hydrogen) atoms. The van der Waals surface area contributed by atoms with Crippen LogP contribution in [-0.4, -0.2) is 6.04 Å². The van der Waals surface area contributed by atoms with E-state index in [9.17, 15) is 0 Å². The maximum absolute atomic E-state index is 6.13. The fourth-order valence-corrected chi connectivity index (χ4v) is 2.94. The second-order valence-corrected chi connectivity index (χ2v) is 4.00. The molecule has 1 aromatic carbocycles. The Kier molecular flexibility index (Phi) is 1.17. The predicted molar refractivity (Wildman–Crippen MR) is 49.1 cm³/mol. The number of fused-ring (bicyclic) bond motifs is 5. The van der Waals surface area contributed by atoms with Gasteiger partial charge in [0.25, 0.3) is 0 Å². The molecule has 0 aromatic heterocycles. The Morgan fingerprint density at radius 3 is 2.00 bits per heavy atom. The lowest BCUT2D eigenvalue weighted by atomic mass is 9.92. The number of hydrogen-bond donors (Lipinski definition) is 1. The van der Waals surface area contributed by atoms with Crippen molar-refractivity contribution in [1.29, 1.82) is 0 Å². The summed E-state index contributed by atoms with van der Waals surface area (Å²) in [4.78, 5) is 0. The van der Waals surface area contributed by atoms with Crippen LogP contribution in [-0.2, 0) is 0 Å². The van der Waals surface area contributed by atoms with Crippen molar-refractivity contribution >= 4 is 0 Å². The van der Waals surface area contributed by atoms with Gasteiger partial charge in [0.05, 0.1) is 0 Å². The molecule has 1 saturated carbocycles. The summed E-state index contributed by atoms with van der Waals surface area (Å²) < 4.78 is 0. The van der Waals surface area contributed by atoms with Crippen LogP contribution in [0, 0.1) is 0 Å². The fraction of sp³-hybridized carbons (Fsp3) is 0.455. The van der Waals surface area contributed by atoms with E-state index in [4.69, 9.17) is 5.73 Å². The zero-order valence-corrected chi connectivity index (χ0v) is 7.03. The first-order valence-electron chi connectivity index (χ1n) is 4.72. The van der Waals surface area contributed by atoms with E-state index in [0.717, 1.165) is 0 Å². The lowest BCUT2D eigenvalue weighted by molar-refractivity contribution is 0.618. The molecule has 2 aliphatic carbocycles. The van der Waals surface area contributed by atoms with Crippen LogP contribution in [0.2, 0.25) is 0 Å². The van der Waals surface area contributed by atoms with Crippen LogP contribution in [0.3, 0.4) is 0 Å². The third-order valence-electron chi connectivity index (χ3n) is 3.51. The average Bonchev–Trinajstić information content (AvgIpc) is 2.61. The Balaban J connectivity index is 2.21. The average molecular weight is 159 g/mol. The highest BCUT2D eigenvalue weighted by Crippen LogP contribution is 2.51. The van der Waals surface area contributed by atoms with E-state index in [-0.39, 0.29) is 0 Å². The minimum Gasteiger partial charge on any atom is -0.327 e. The molecule has 3 atom stereocenters. The molecule has 0 saturated heterocycles. The van der Waals surface area contributed by atoms with Gasteiger partial charge in [-0.25, -0.2) is 0 Å². The molecule has 0 spiro atoms. The number of rotatable bonds is 0. The Hall–Kier alpha value is -0.820. The summed E-state index contributed by atoms with van der Waals surface area (Å²) in [5.74, 6) is 1.34. The van der Waals surface area contributed by atoms with Crippen molar-refractivity contribution in [3.05, 3.63) is 35.4 Å². The minimum absolute atomic E-state index is 0.419. The van der Waals surface area contributed by atoms with E-state index in [0.29, 0.717) is 17.9 Å². The Labute approximate surface area is 72.6 Å². The monoisotopic (exact) mass is 159 g/mol. The normalized spacial score (nSPS) is 36.9. The van der Waals surface area contributed by atoms with Crippen molar-refractivity contribution in [1.82, 2.24) is 0 Å². The molecule has 0 radical (unpaired) electrons. The summed E-state index contributed by atoms with van der Waals surface area (Å²) in [6, 6.07) is 9.18. The van der Waals surface area contributed by atoms with Crippen molar-refractivity contribution in [2.24, 2.45) is 5.73 Å². The summed E-state index contributed by atoms with van der Waals surface area (Å²) in [7, 11) is 0. The standard InChI is InChI=1S/C11H13N/c12-11-9-5-6-10(11)8-4-2-1-3-7(8)9/h1-4,9-11H,5-6,12H2/t9-,10+,11?. The SMILES string of the molecule is NC1[C@@H]2CC[C@H]1c1ccccc12. The topological polar surface area (TPSA) is 26.0 Å². The van der Waals surface area contributed by atoms with Crippen molar-refractivity contribution in [3.8, 4) is 0 Å². The molecule has 1 aromatic rings. The third kappa shape index (κ3) is 0.632. The van der Waals surface area contributed by atoms with Gasteiger partial charge in [0.2, 0.25) is 0 Å². The Bertz CT molecular complexity index is 288. The fourth-order valence-electron chi connectivity index (χ4n) is 2.94. The van der Waals surface area contributed by atoms with Crippen LogP contribution in [0.25, 0.3) is 0 Å². The molecular weight excluding hydrogens is 146 g/mol. The summed E-state index contributed by atoms with van der Waals surface area (Å²) in [5, 5.41) is 0. The van der Waals surface area contributed by atoms with Crippen molar-refractivity contribution in [2.75, 3.05) is 0 Å². The number of hydrogen-bond acceptors (Lipinski definition) is 1. The molecule has 62 valence electrons. The van der Waals surface area contributed by atoms with Crippen LogP contribution in [0.15, 0.2) is 24.3 Å². The van der Waals surface area contributed by atoms with Gasteiger partial charge in [0.15, 0.2) is 0 Å². The molecule has 2 N–H and O–H groups in total. The van der Waals surface area contributed by atoms with Gasteiger partial charge in [-0.15, -0.1) is 0 Å². The molecule has 0 heterocycles. The molecule has 1 unspecified atom stereocenters. The molecule has 1 fully saturated rings. The second-order valence-electron chi connectivity index (χ2n) is 4.00. The predicted octanol–water partition coefficient (Wildman–Crippen LogP) is 1.99. The zero-order chi connectivity index (χ0) is 8.13. The molecule has 0 aliphatic heterocycles. The maximum Gasteiger partial charge on any atom is 0.0177 e. The van der Waals surface area contributed by atoms with Crippen molar-refractivity contribution in [3.63, 3.8) is 0 Å².